The number of fused-ring (bicyclic) bond motifs is 1. The minimum atomic E-state index is 0.114. The Morgan fingerprint density at radius 1 is 1.32 bits per heavy atom. The lowest BCUT2D eigenvalue weighted by molar-refractivity contribution is 0.0975. The molecule has 0 spiro atoms. The lowest BCUT2D eigenvalue weighted by atomic mass is 9.78. The van der Waals surface area contributed by atoms with Gasteiger partial charge < -0.3 is 14.5 Å². The number of H-pyrrole nitrogens is 1. The minimum absolute atomic E-state index is 0.114. The van der Waals surface area contributed by atoms with Gasteiger partial charge in [0.15, 0.2) is 11.5 Å². The van der Waals surface area contributed by atoms with Gasteiger partial charge in [0.25, 0.3) is 0 Å². The van der Waals surface area contributed by atoms with Crippen LogP contribution < -0.4 is 0 Å². The van der Waals surface area contributed by atoms with Crippen LogP contribution in [0.15, 0.2) is 79.1 Å². The highest BCUT2D eigenvalue weighted by Gasteiger charge is 2.27. The first-order valence-corrected chi connectivity index (χ1v) is 9.56. The molecule has 1 N–H and O–H groups in total. The van der Waals surface area contributed by atoms with Crippen molar-refractivity contribution < 1.29 is 9.47 Å². The monoisotopic (exact) mass is 376 g/mol. The Bertz CT molecular complexity index is 975. The van der Waals surface area contributed by atoms with E-state index in [1.54, 1.807) is 6.33 Å². The summed E-state index contributed by atoms with van der Waals surface area (Å²) in [6, 6.07) is 6.22. The summed E-state index contributed by atoms with van der Waals surface area (Å²) in [5.41, 5.74) is 6.15. The van der Waals surface area contributed by atoms with E-state index >= 15 is 0 Å². The van der Waals surface area contributed by atoms with Gasteiger partial charge in [-0.3, -0.25) is 0 Å². The zero-order chi connectivity index (χ0) is 20.3. The molecule has 1 unspecified atom stereocenters. The Hall–Kier alpha value is -3.01. The highest BCUT2D eigenvalue weighted by molar-refractivity contribution is 5.81. The Kier molecular flexibility index (Phi) is 5.88. The van der Waals surface area contributed by atoms with Crippen LogP contribution in [0.3, 0.4) is 0 Å². The summed E-state index contributed by atoms with van der Waals surface area (Å²) in [5, 5.41) is 0. The normalized spacial score (nSPS) is 17.4. The quantitative estimate of drug-likeness (QED) is 0.631. The van der Waals surface area contributed by atoms with Crippen LogP contribution in [0, 0.1) is 11.8 Å². The molecule has 1 atom stereocenters. The fraction of sp³-hybridized carbons (Fsp3) is 0.292. The van der Waals surface area contributed by atoms with Crippen molar-refractivity contribution in [1.29, 1.82) is 0 Å². The summed E-state index contributed by atoms with van der Waals surface area (Å²) in [6.45, 7) is 19.1. The van der Waals surface area contributed by atoms with E-state index in [0.717, 1.165) is 39.7 Å². The standard InChI is InChI=1S/C24H28N2O2/c1-7-19(20(8-2)24-17(6)27-14-28-24)21(11-15(3)4)16(5)18-9-10-22-23(12-18)26-13-25-22/h7-10,12-13,15,21H,2,5-6,11,14H2,1,3-4H3,(H,25,26). The second-order valence-electron chi connectivity index (χ2n) is 7.36. The average Bonchev–Trinajstić information content (AvgIpc) is 3.31. The maximum atomic E-state index is 5.69. The van der Waals surface area contributed by atoms with Crippen LogP contribution >= 0.6 is 0 Å². The summed E-state index contributed by atoms with van der Waals surface area (Å²) < 4.78 is 11.1. The summed E-state index contributed by atoms with van der Waals surface area (Å²) in [5.74, 6) is 1.81. The van der Waals surface area contributed by atoms with Crippen molar-refractivity contribution in [2.45, 2.75) is 27.2 Å². The summed E-state index contributed by atoms with van der Waals surface area (Å²) in [4.78, 5) is 7.49. The van der Waals surface area contributed by atoms with E-state index in [4.69, 9.17) is 9.47 Å². The number of ether oxygens (including phenoxy) is 2. The number of hydrogen-bond donors (Lipinski definition) is 1. The zero-order valence-corrected chi connectivity index (χ0v) is 16.9. The van der Waals surface area contributed by atoms with Gasteiger partial charge in [0.1, 0.15) is 0 Å². The van der Waals surface area contributed by atoms with Crippen LogP contribution in [0.4, 0.5) is 0 Å². The fourth-order valence-corrected chi connectivity index (χ4v) is 3.68. The molecule has 1 aromatic heterocycles. The maximum absolute atomic E-state index is 5.69. The van der Waals surface area contributed by atoms with E-state index in [1.807, 2.05) is 19.1 Å². The topological polar surface area (TPSA) is 47.1 Å². The lowest BCUT2D eigenvalue weighted by Crippen LogP contribution is -2.13. The van der Waals surface area contributed by atoms with Crippen LogP contribution in [0.5, 0.6) is 0 Å². The average molecular weight is 377 g/mol. The van der Waals surface area contributed by atoms with Gasteiger partial charge in [0.2, 0.25) is 6.79 Å². The van der Waals surface area contributed by atoms with Crippen molar-refractivity contribution in [3.63, 3.8) is 0 Å². The van der Waals surface area contributed by atoms with Gasteiger partial charge >= 0.3 is 0 Å². The van der Waals surface area contributed by atoms with Crippen LogP contribution in [0.1, 0.15) is 32.8 Å². The van der Waals surface area contributed by atoms with Crippen LogP contribution in [0.25, 0.3) is 16.6 Å². The number of rotatable bonds is 7. The number of benzene rings is 1. The van der Waals surface area contributed by atoms with E-state index < -0.39 is 0 Å². The van der Waals surface area contributed by atoms with Crippen molar-refractivity contribution in [3.05, 3.63) is 84.6 Å². The highest BCUT2D eigenvalue weighted by Crippen LogP contribution is 2.40. The van der Waals surface area contributed by atoms with Crippen LogP contribution in [0.2, 0.25) is 0 Å². The van der Waals surface area contributed by atoms with Gasteiger partial charge in [-0.15, -0.1) is 0 Å². The Morgan fingerprint density at radius 2 is 2.11 bits per heavy atom. The molecule has 28 heavy (non-hydrogen) atoms. The smallest absolute Gasteiger partial charge is 0.231 e. The van der Waals surface area contributed by atoms with Gasteiger partial charge in [-0.25, -0.2) is 4.98 Å². The van der Waals surface area contributed by atoms with Crippen molar-refractivity contribution in [2.24, 2.45) is 11.8 Å². The number of nitrogens with one attached hydrogen (secondary N) is 1. The molecule has 1 aliphatic rings. The van der Waals surface area contributed by atoms with Crippen LogP contribution in [-0.2, 0) is 9.47 Å². The number of aromatic nitrogens is 2. The van der Waals surface area contributed by atoms with Crippen molar-refractivity contribution in [2.75, 3.05) is 6.79 Å². The lowest BCUT2D eigenvalue weighted by Gasteiger charge is -2.26. The molecule has 2 aromatic rings. The predicted octanol–water partition coefficient (Wildman–Crippen LogP) is 6.14. The van der Waals surface area contributed by atoms with E-state index in [1.165, 1.54) is 0 Å². The fourth-order valence-electron chi connectivity index (χ4n) is 3.68. The summed E-state index contributed by atoms with van der Waals surface area (Å²) in [6.07, 6.45) is 6.61. The van der Waals surface area contributed by atoms with Gasteiger partial charge in [0, 0.05) is 11.5 Å². The molecule has 1 aliphatic heterocycles. The Balaban J connectivity index is 2.05. The largest absolute Gasteiger partial charge is 0.454 e. The summed E-state index contributed by atoms with van der Waals surface area (Å²) in [7, 11) is 0. The molecule has 3 rings (SSSR count). The molecule has 1 aromatic carbocycles. The number of nitrogens with zero attached hydrogens (tertiary/aromatic N) is 1. The van der Waals surface area contributed by atoms with Gasteiger partial charge in [0.05, 0.1) is 17.4 Å². The maximum Gasteiger partial charge on any atom is 0.231 e. The van der Waals surface area contributed by atoms with Gasteiger partial charge in [-0.2, -0.15) is 0 Å². The first-order chi connectivity index (χ1) is 13.5. The van der Waals surface area contributed by atoms with Crippen LogP contribution in [-0.4, -0.2) is 16.8 Å². The zero-order valence-electron chi connectivity index (χ0n) is 16.9. The second-order valence-corrected chi connectivity index (χ2v) is 7.36. The van der Waals surface area contributed by atoms with E-state index in [0.29, 0.717) is 17.4 Å². The molecule has 4 heteroatoms. The number of hydrogen-bond acceptors (Lipinski definition) is 3. The third kappa shape index (κ3) is 3.81. The molecule has 0 saturated carbocycles. The molecular weight excluding hydrogens is 348 g/mol. The molecule has 2 heterocycles. The number of imidazole rings is 1. The van der Waals surface area contributed by atoms with Crippen molar-refractivity contribution >= 4 is 16.6 Å². The summed E-state index contributed by atoms with van der Waals surface area (Å²) >= 11 is 0. The third-order valence-corrected chi connectivity index (χ3v) is 5.05. The SMILES string of the molecule is C=CC(C(=CC)C(CC(C)C)C(=C)c1ccc2nc[nH]c2c1)=C1OCOC1=C. The first-order valence-electron chi connectivity index (χ1n) is 9.56. The van der Waals surface area contributed by atoms with E-state index in [-0.39, 0.29) is 12.7 Å². The number of allylic oxidation sites excluding steroid dienone is 5. The molecule has 0 amide bonds. The third-order valence-electron chi connectivity index (χ3n) is 5.05. The first kappa shape index (κ1) is 19.7. The molecule has 0 bridgehead atoms. The van der Waals surface area contributed by atoms with Crippen molar-refractivity contribution in [3.8, 4) is 0 Å². The predicted molar refractivity (Wildman–Crippen MR) is 115 cm³/mol. The molecule has 0 radical (unpaired) electrons. The molecule has 1 fully saturated rings. The van der Waals surface area contributed by atoms with Crippen molar-refractivity contribution in [1.82, 2.24) is 9.97 Å². The molecular formula is C24H28N2O2. The Morgan fingerprint density at radius 3 is 2.71 bits per heavy atom. The van der Waals surface area contributed by atoms with Gasteiger partial charge in [-0.05, 0) is 48.1 Å². The molecule has 4 nitrogen and oxygen atoms in total. The van der Waals surface area contributed by atoms with Gasteiger partial charge in [-0.1, -0.05) is 51.8 Å². The Labute approximate surface area is 167 Å². The minimum Gasteiger partial charge on any atom is -0.454 e. The molecule has 0 aliphatic carbocycles. The molecule has 1 saturated heterocycles. The van der Waals surface area contributed by atoms with E-state index in [9.17, 15) is 0 Å². The second kappa shape index (κ2) is 8.34. The highest BCUT2D eigenvalue weighted by atomic mass is 16.7. The number of aromatic amines is 1. The molecule has 146 valence electrons. The van der Waals surface area contributed by atoms with E-state index in [2.05, 4.69) is 61.8 Å².